The molecule has 1 saturated carbocycles. The molecule has 0 spiro atoms. The maximum atomic E-state index is 12.9. The second-order valence-electron chi connectivity index (χ2n) is 8.79. The van der Waals surface area contributed by atoms with E-state index in [4.69, 9.17) is 0 Å². The smallest absolute Gasteiger partial charge is 0.321 e. The average molecular weight is 390 g/mol. The number of nitrogens with zero attached hydrogens (tertiary/aromatic N) is 2. The van der Waals surface area contributed by atoms with Gasteiger partial charge in [0.25, 0.3) is 0 Å². The van der Waals surface area contributed by atoms with Gasteiger partial charge >= 0.3 is 6.03 Å². The van der Waals surface area contributed by atoms with Gasteiger partial charge in [0, 0.05) is 37.9 Å². The van der Waals surface area contributed by atoms with Crippen LogP contribution in [-0.2, 0) is 25.7 Å². The second-order valence-corrected chi connectivity index (χ2v) is 8.79. The monoisotopic (exact) mass is 389 g/mol. The van der Waals surface area contributed by atoms with Crippen LogP contribution in [0.1, 0.15) is 41.5 Å². The summed E-state index contributed by atoms with van der Waals surface area (Å²) in [6, 6.07) is 15.9. The van der Waals surface area contributed by atoms with Crippen molar-refractivity contribution in [3.63, 3.8) is 0 Å². The topological polar surface area (TPSA) is 35.6 Å². The van der Waals surface area contributed by atoms with Crippen molar-refractivity contribution in [2.75, 3.05) is 31.5 Å². The summed E-state index contributed by atoms with van der Waals surface area (Å²) in [7, 11) is 0. The lowest BCUT2D eigenvalue weighted by atomic mass is 9.91. The van der Waals surface area contributed by atoms with E-state index in [0.717, 1.165) is 57.0 Å². The van der Waals surface area contributed by atoms with Crippen molar-refractivity contribution >= 4 is 11.7 Å². The van der Waals surface area contributed by atoms with Crippen LogP contribution in [0.5, 0.6) is 0 Å². The Bertz CT molecular complexity index is 862. The molecule has 2 aromatic rings. The van der Waals surface area contributed by atoms with Crippen molar-refractivity contribution in [3.8, 4) is 0 Å². The zero-order valence-electron chi connectivity index (χ0n) is 17.2. The number of carbonyl (C=O) groups excluding carboxylic acids is 1. The molecule has 1 N–H and O–H groups in total. The lowest BCUT2D eigenvalue weighted by Crippen LogP contribution is -2.41. The van der Waals surface area contributed by atoms with Crippen LogP contribution in [0.15, 0.2) is 42.5 Å². The SMILES string of the molecule is O=C(Nc1ccc2c(c1)CCN(C1CCC1)CC2)N1CCc2ccccc2CC1. The Morgan fingerprint density at radius 1 is 0.793 bits per heavy atom. The zero-order chi connectivity index (χ0) is 19.6. The van der Waals surface area contributed by atoms with Gasteiger partial charge in [-0.2, -0.15) is 0 Å². The minimum absolute atomic E-state index is 0.0301. The van der Waals surface area contributed by atoms with Gasteiger partial charge in [-0.3, -0.25) is 4.90 Å². The van der Waals surface area contributed by atoms with E-state index in [1.807, 2.05) is 4.90 Å². The summed E-state index contributed by atoms with van der Waals surface area (Å²) in [5.74, 6) is 0. The summed E-state index contributed by atoms with van der Waals surface area (Å²) in [6.07, 6.45) is 8.23. The number of hydrogen-bond donors (Lipinski definition) is 1. The van der Waals surface area contributed by atoms with Crippen LogP contribution in [-0.4, -0.2) is 48.1 Å². The van der Waals surface area contributed by atoms with Gasteiger partial charge in [0.15, 0.2) is 0 Å². The molecule has 2 heterocycles. The van der Waals surface area contributed by atoms with Crippen LogP contribution in [0, 0.1) is 0 Å². The molecule has 29 heavy (non-hydrogen) atoms. The van der Waals surface area contributed by atoms with Gasteiger partial charge in [-0.1, -0.05) is 36.8 Å². The molecule has 4 heteroatoms. The van der Waals surface area contributed by atoms with Crippen LogP contribution in [0.2, 0.25) is 0 Å². The third-order valence-corrected chi connectivity index (χ3v) is 7.09. The number of rotatable bonds is 2. The minimum Gasteiger partial charge on any atom is -0.324 e. The van der Waals surface area contributed by atoms with E-state index in [2.05, 4.69) is 52.7 Å². The fourth-order valence-corrected chi connectivity index (χ4v) is 5.01. The minimum atomic E-state index is 0.0301. The first-order valence-corrected chi connectivity index (χ1v) is 11.2. The van der Waals surface area contributed by atoms with Crippen LogP contribution in [0.3, 0.4) is 0 Å². The molecule has 152 valence electrons. The summed E-state index contributed by atoms with van der Waals surface area (Å²) in [6.45, 7) is 3.89. The Morgan fingerprint density at radius 3 is 2.07 bits per heavy atom. The van der Waals surface area contributed by atoms with E-state index >= 15 is 0 Å². The Kier molecular flexibility index (Phi) is 5.28. The number of amides is 2. The van der Waals surface area contributed by atoms with Gasteiger partial charge in [0.05, 0.1) is 0 Å². The van der Waals surface area contributed by atoms with Gasteiger partial charge in [-0.05, 0) is 72.9 Å². The molecule has 3 aliphatic rings. The second kappa shape index (κ2) is 8.19. The predicted octanol–water partition coefficient (Wildman–Crippen LogP) is 4.27. The molecular weight excluding hydrogens is 358 g/mol. The Morgan fingerprint density at radius 2 is 1.41 bits per heavy atom. The number of urea groups is 1. The molecule has 2 aromatic carbocycles. The van der Waals surface area contributed by atoms with Gasteiger partial charge in [0.1, 0.15) is 0 Å². The fourth-order valence-electron chi connectivity index (χ4n) is 5.01. The van der Waals surface area contributed by atoms with E-state index in [1.165, 1.54) is 48.1 Å². The quantitative estimate of drug-likeness (QED) is 0.832. The van der Waals surface area contributed by atoms with Crippen molar-refractivity contribution in [1.29, 1.82) is 0 Å². The first kappa shape index (κ1) is 18.7. The first-order chi connectivity index (χ1) is 14.3. The molecule has 2 amide bonds. The summed E-state index contributed by atoms with van der Waals surface area (Å²) in [5.41, 5.74) is 6.56. The summed E-state index contributed by atoms with van der Waals surface area (Å²) in [4.78, 5) is 17.5. The number of carbonyl (C=O) groups is 1. The first-order valence-electron chi connectivity index (χ1n) is 11.2. The van der Waals surface area contributed by atoms with E-state index in [9.17, 15) is 4.79 Å². The van der Waals surface area contributed by atoms with Gasteiger partial charge in [-0.25, -0.2) is 4.79 Å². The highest BCUT2D eigenvalue weighted by atomic mass is 16.2. The molecular formula is C25H31N3O. The third-order valence-electron chi connectivity index (χ3n) is 7.09. The molecule has 0 bridgehead atoms. The van der Waals surface area contributed by atoms with Crippen molar-refractivity contribution in [2.45, 2.75) is 51.0 Å². The van der Waals surface area contributed by atoms with Gasteiger partial charge in [-0.15, -0.1) is 0 Å². The normalized spacial score (nSPS) is 20.1. The predicted molar refractivity (Wildman–Crippen MR) is 118 cm³/mol. The molecule has 1 fully saturated rings. The highest BCUT2D eigenvalue weighted by molar-refractivity contribution is 5.89. The van der Waals surface area contributed by atoms with Crippen LogP contribution >= 0.6 is 0 Å². The third kappa shape index (κ3) is 4.04. The number of hydrogen-bond acceptors (Lipinski definition) is 2. The molecule has 0 radical (unpaired) electrons. The van der Waals surface area contributed by atoms with Crippen molar-refractivity contribution < 1.29 is 4.79 Å². The number of anilines is 1. The van der Waals surface area contributed by atoms with E-state index in [1.54, 1.807) is 0 Å². The highest BCUT2D eigenvalue weighted by Crippen LogP contribution is 2.28. The van der Waals surface area contributed by atoms with Crippen molar-refractivity contribution in [1.82, 2.24) is 9.80 Å². The van der Waals surface area contributed by atoms with Crippen LogP contribution in [0.25, 0.3) is 0 Å². The van der Waals surface area contributed by atoms with Crippen LogP contribution < -0.4 is 5.32 Å². The van der Waals surface area contributed by atoms with Crippen molar-refractivity contribution in [2.24, 2.45) is 0 Å². The van der Waals surface area contributed by atoms with E-state index in [-0.39, 0.29) is 6.03 Å². The highest BCUT2D eigenvalue weighted by Gasteiger charge is 2.26. The summed E-state index contributed by atoms with van der Waals surface area (Å²) >= 11 is 0. The summed E-state index contributed by atoms with van der Waals surface area (Å²) < 4.78 is 0. The van der Waals surface area contributed by atoms with Crippen LogP contribution in [0.4, 0.5) is 10.5 Å². The molecule has 0 atom stereocenters. The van der Waals surface area contributed by atoms with Crippen molar-refractivity contribution in [3.05, 3.63) is 64.7 Å². The maximum absolute atomic E-state index is 12.9. The molecule has 4 nitrogen and oxygen atoms in total. The zero-order valence-corrected chi connectivity index (χ0v) is 17.2. The molecule has 2 aliphatic heterocycles. The number of fused-ring (bicyclic) bond motifs is 2. The fraction of sp³-hybridized carbons (Fsp3) is 0.480. The van der Waals surface area contributed by atoms with E-state index < -0.39 is 0 Å². The maximum Gasteiger partial charge on any atom is 0.321 e. The Balaban J connectivity index is 1.22. The van der Waals surface area contributed by atoms with Gasteiger partial charge in [0.2, 0.25) is 0 Å². The molecule has 0 aromatic heterocycles. The lowest BCUT2D eigenvalue weighted by Gasteiger charge is -2.36. The standard InChI is InChI=1S/C25H31N3O/c29-25(28-16-11-19-4-1-2-5-20(19)12-17-28)26-23-9-8-21-10-14-27(24-6-3-7-24)15-13-22(21)18-23/h1-2,4-5,8-9,18,24H,3,6-7,10-17H2,(H,26,29). The Hall–Kier alpha value is -2.33. The molecule has 5 rings (SSSR count). The molecule has 1 aliphatic carbocycles. The average Bonchev–Trinajstić information content (AvgIpc) is 3.03. The molecule has 0 unspecified atom stereocenters. The Labute approximate surface area is 173 Å². The van der Waals surface area contributed by atoms with Gasteiger partial charge < -0.3 is 10.2 Å². The number of nitrogens with one attached hydrogen (secondary N) is 1. The number of benzene rings is 2. The van der Waals surface area contributed by atoms with E-state index in [0.29, 0.717) is 0 Å². The molecule has 0 saturated heterocycles. The summed E-state index contributed by atoms with van der Waals surface area (Å²) in [5, 5.41) is 3.17. The lowest BCUT2D eigenvalue weighted by molar-refractivity contribution is 0.133. The largest absolute Gasteiger partial charge is 0.324 e.